The molecule has 4 aromatic heterocycles. The van der Waals surface area contributed by atoms with E-state index in [-0.39, 0.29) is 39.4 Å². The van der Waals surface area contributed by atoms with Gasteiger partial charge < -0.3 is 48.9 Å². The second-order valence-electron chi connectivity index (χ2n) is 10.1. The van der Waals surface area contributed by atoms with Crippen molar-refractivity contribution < 1.29 is 57.7 Å². The van der Waals surface area contributed by atoms with Crippen molar-refractivity contribution in [2.45, 2.75) is 38.8 Å². The van der Waals surface area contributed by atoms with Crippen LogP contribution in [0.15, 0.2) is 110 Å². The Labute approximate surface area is 273 Å². The van der Waals surface area contributed by atoms with E-state index in [0.717, 1.165) is 37.4 Å². The molecule has 226 valence electrons. The average molecular weight is 711 g/mol. The summed E-state index contributed by atoms with van der Waals surface area (Å²) in [6.45, 7) is 1.97. The zero-order chi connectivity index (χ0) is 27.3. The van der Waals surface area contributed by atoms with Gasteiger partial charge in [0.25, 0.3) is 11.3 Å². The predicted molar refractivity (Wildman–Crippen MR) is 161 cm³/mol. The average Bonchev–Trinajstić information content (AvgIpc) is 3.57. The molecule has 4 heterocycles. The fourth-order valence-electron chi connectivity index (χ4n) is 5.57. The number of aryl methyl sites for hydroxylation is 2. The van der Waals surface area contributed by atoms with Crippen molar-refractivity contribution in [1.82, 2.24) is 9.13 Å². The number of ether oxygens (including phenoxy) is 2. The minimum atomic E-state index is 0. The highest BCUT2D eigenvalue weighted by atomic mass is 79.9. The third kappa shape index (κ3) is 7.29. The Kier molecular flexibility index (Phi) is 12.4. The summed E-state index contributed by atoms with van der Waals surface area (Å²) >= 11 is 0. The molecule has 0 spiro atoms. The standard InChI is InChI=1S/C34H36N4O2.2BrH.H2O/c1-39-29-17-13-27(14-18-29)31-25-35-21-9-5-11-33(35)37(31)23-7-3-4-8-24-38-32(26-36-22-10-6-12-34(36)38)28-15-19-30(40-2)20-16-28;;;/h5-6,9-22,25-26H,3-4,7-8,23-24H2,1-2H3;2*1H;1H2/q+2;;;/p-2. The molecule has 6 aromatic rings. The van der Waals surface area contributed by atoms with Gasteiger partial charge in [0.2, 0.25) is 0 Å². The molecule has 0 bridgehead atoms. The van der Waals surface area contributed by atoms with Gasteiger partial charge in [0.1, 0.15) is 23.9 Å². The molecule has 0 saturated heterocycles. The highest BCUT2D eigenvalue weighted by molar-refractivity contribution is 5.63. The molecule has 0 atom stereocenters. The van der Waals surface area contributed by atoms with E-state index in [4.69, 9.17) is 9.47 Å². The van der Waals surface area contributed by atoms with Gasteiger partial charge in [-0.3, -0.25) is 0 Å². The number of hydrogen-bond donors (Lipinski definition) is 0. The van der Waals surface area contributed by atoms with Gasteiger partial charge in [-0.05, 0) is 86.3 Å². The summed E-state index contributed by atoms with van der Waals surface area (Å²) in [5.41, 5.74) is 7.30. The van der Waals surface area contributed by atoms with Gasteiger partial charge in [-0.15, -0.1) is 0 Å². The molecule has 0 saturated carbocycles. The number of imidazole rings is 2. The van der Waals surface area contributed by atoms with Gasteiger partial charge in [-0.2, -0.15) is 0 Å². The molecule has 43 heavy (non-hydrogen) atoms. The maximum atomic E-state index is 5.37. The zero-order valence-corrected chi connectivity index (χ0v) is 27.7. The normalized spacial score (nSPS) is 10.6. The molecule has 0 aliphatic rings. The number of hydrogen-bond acceptors (Lipinski definition) is 2. The number of nitrogens with zero attached hydrogens (tertiary/aromatic N) is 4. The van der Waals surface area contributed by atoms with E-state index >= 15 is 0 Å². The lowest BCUT2D eigenvalue weighted by Gasteiger charge is -2.06. The van der Waals surface area contributed by atoms with Crippen LogP contribution in [0.2, 0.25) is 0 Å². The first-order valence-corrected chi connectivity index (χ1v) is 14.0. The molecule has 0 unspecified atom stereocenters. The molecule has 0 radical (unpaired) electrons. The zero-order valence-electron chi connectivity index (χ0n) is 24.5. The lowest BCUT2D eigenvalue weighted by Crippen LogP contribution is -3.00. The van der Waals surface area contributed by atoms with Crippen molar-refractivity contribution in [3.8, 4) is 34.0 Å². The largest absolute Gasteiger partial charge is 1.00 e. The number of benzene rings is 2. The van der Waals surface area contributed by atoms with Crippen molar-refractivity contribution >= 4 is 11.3 Å². The number of pyridine rings is 2. The number of rotatable bonds is 11. The molecule has 7 nitrogen and oxygen atoms in total. The van der Waals surface area contributed by atoms with Crippen molar-refractivity contribution in [3.05, 3.63) is 110 Å². The third-order valence-electron chi connectivity index (χ3n) is 7.68. The van der Waals surface area contributed by atoms with Crippen molar-refractivity contribution in [1.29, 1.82) is 0 Å². The molecule has 0 fully saturated rings. The van der Waals surface area contributed by atoms with Crippen LogP contribution in [0.1, 0.15) is 25.7 Å². The first-order chi connectivity index (χ1) is 19.7. The summed E-state index contributed by atoms with van der Waals surface area (Å²) < 4.78 is 20.1. The number of fused-ring (bicyclic) bond motifs is 2. The van der Waals surface area contributed by atoms with Crippen LogP contribution < -0.4 is 52.2 Å². The van der Waals surface area contributed by atoms with Crippen LogP contribution >= 0.6 is 0 Å². The molecular weight excluding hydrogens is 672 g/mol. The molecule has 9 heteroatoms. The van der Waals surface area contributed by atoms with Crippen molar-refractivity contribution in [2.75, 3.05) is 14.2 Å². The fourth-order valence-corrected chi connectivity index (χ4v) is 5.57. The van der Waals surface area contributed by atoms with Crippen LogP contribution in [0.3, 0.4) is 0 Å². The van der Waals surface area contributed by atoms with E-state index in [1.54, 1.807) is 14.2 Å². The van der Waals surface area contributed by atoms with E-state index in [9.17, 15) is 0 Å². The van der Waals surface area contributed by atoms with E-state index in [1.807, 2.05) is 24.3 Å². The van der Waals surface area contributed by atoms with Gasteiger partial charge in [0.15, 0.2) is 11.4 Å². The Morgan fingerprint density at radius 3 is 1.30 bits per heavy atom. The number of methoxy groups -OCH3 is 2. The predicted octanol–water partition coefficient (Wildman–Crippen LogP) is -0.438. The maximum Gasteiger partial charge on any atom is 0.286 e. The van der Waals surface area contributed by atoms with Crippen molar-refractivity contribution in [2.24, 2.45) is 0 Å². The highest BCUT2D eigenvalue weighted by Crippen LogP contribution is 2.26. The molecule has 0 aliphatic carbocycles. The number of unbranched alkanes of at least 4 members (excludes halogenated alkanes) is 3. The van der Waals surface area contributed by atoms with Gasteiger partial charge in [-0.1, -0.05) is 12.1 Å². The summed E-state index contributed by atoms with van der Waals surface area (Å²) in [5, 5.41) is 0. The highest BCUT2D eigenvalue weighted by Gasteiger charge is 2.20. The Morgan fingerprint density at radius 2 is 0.930 bits per heavy atom. The van der Waals surface area contributed by atoms with Gasteiger partial charge in [0, 0.05) is 23.3 Å². The van der Waals surface area contributed by atoms with E-state index in [2.05, 4.69) is 103 Å². The summed E-state index contributed by atoms with van der Waals surface area (Å²) in [7, 11) is 3.42. The van der Waals surface area contributed by atoms with Crippen LogP contribution in [0.25, 0.3) is 33.8 Å². The number of aromatic nitrogens is 4. The molecule has 6 rings (SSSR count). The molecular formula is C34H38Br2N4O3. The van der Waals surface area contributed by atoms with Crippen molar-refractivity contribution in [3.63, 3.8) is 0 Å². The molecule has 2 aromatic carbocycles. The summed E-state index contributed by atoms with van der Waals surface area (Å²) in [6, 6.07) is 29.5. The lowest BCUT2D eigenvalue weighted by atomic mass is 10.1. The second kappa shape index (κ2) is 15.7. The summed E-state index contributed by atoms with van der Waals surface area (Å²) in [5.74, 6) is 1.76. The quantitative estimate of drug-likeness (QED) is 0.135. The smallest absolute Gasteiger partial charge is 0.286 e. The van der Waals surface area contributed by atoms with E-state index < -0.39 is 0 Å². The summed E-state index contributed by atoms with van der Waals surface area (Å²) in [6.07, 6.45) is 13.3. The minimum absolute atomic E-state index is 0. The van der Waals surface area contributed by atoms with E-state index in [0.29, 0.717) is 0 Å². The second-order valence-corrected chi connectivity index (χ2v) is 10.1. The maximum absolute atomic E-state index is 5.37. The Morgan fingerprint density at radius 1 is 0.535 bits per heavy atom. The third-order valence-corrected chi connectivity index (χ3v) is 7.68. The SMILES string of the molecule is COc1ccc(-c2c[n+]3ccccc3n2CCCCCCn2c(-c3ccc(OC)cc3)c[n+]3ccccc23)cc1.O.[Br-].[Br-]. The van der Waals surface area contributed by atoms with Crippen LogP contribution in [-0.2, 0) is 13.1 Å². The Bertz CT molecular complexity index is 1600. The van der Waals surface area contributed by atoms with Crippen LogP contribution in [0.4, 0.5) is 0 Å². The molecule has 2 N–H and O–H groups in total. The van der Waals surface area contributed by atoms with Crippen LogP contribution in [-0.4, -0.2) is 28.8 Å². The topological polar surface area (TPSA) is 68.0 Å². The Hall–Kier alpha value is -3.66. The monoisotopic (exact) mass is 708 g/mol. The van der Waals surface area contributed by atoms with Crippen LogP contribution in [0.5, 0.6) is 11.5 Å². The lowest BCUT2D eigenvalue weighted by molar-refractivity contribution is -0.510. The van der Waals surface area contributed by atoms with Gasteiger partial charge >= 0.3 is 0 Å². The first-order valence-electron chi connectivity index (χ1n) is 14.0. The van der Waals surface area contributed by atoms with Crippen LogP contribution in [0, 0.1) is 0 Å². The van der Waals surface area contributed by atoms with Gasteiger partial charge in [0.05, 0.1) is 39.7 Å². The fraction of sp³-hybridized carbons (Fsp3) is 0.235. The first kappa shape index (κ1) is 33.8. The Balaban J connectivity index is 0.00000169. The summed E-state index contributed by atoms with van der Waals surface area (Å²) in [4.78, 5) is 0. The number of halogens is 2. The van der Waals surface area contributed by atoms with E-state index in [1.165, 1.54) is 46.7 Å². The van der Waals surface area contributed by atoms with Gasteiger partial charge in [-0.25, -0.2) is 17.9 Å². The molecule has 0 aliphatic heterocycles. The minimum Gasteiger partial charge on any atom is -1.00 e. The molecule has 0 amide bonds.